The predicted octanol–water partition coefficient (Wildman–Crippen LogP) is 6.00. The summed E-state index contributed by atoms with van der Waals surface area (Å²) in [5.74, 6) is -1.76. The second kappa shape index (κ2) is 9.04. The van der Waals surface area contributed by atoms with E-state index in [4.69, 9.17) is 23.2 Å². The number of nitrogens with one attached hydrogen (secondary N) is 2. The Kier molecular flexibility index (Phi) is 6.51. The van der Waals surface area contributed by atoms with Gasteiger partial charge < -0.3 is 15.7 Å². The van der Waals surface area contributed by atoms with Crippen LogP contribution < -0.4 is 10.6 Å². The number of fused-ring (bicyclic) bond motifs is 2. The maximum Gasteiger partial charge on any atom is 0.237 e. The normalized spacial score (nSPS) is 32.8. The number of Topliss-reactive ketones (excluding diaryl/α,β-unsaturated/α-hetero) is 1. The third kappa shape index (κ3) is 4.50. The standard InChI is InChI=1S/C29H33Cl2FN2O3/c1-27(2,3)14-22-29(18-9-8-16(30)11-20(18)33-26(29)36)23(17-6-5-7-19(31)24(17)32)25(34-22)21(35)10-15-12-28(4,37)13-15/h5-9,11,15,22-23,25,34,37H,10,12-14H2,1-4H3,(H,33,36)/t15?,22-,23+,25+,28?,29+/m1/s1. The van der Waals surface area contributed by atoms with Crippen LogP contribution in [0, 0.1) is 17.2 Å². The van der Waals surface area contributed by atoms with Gasteiger partial charge in [-0.3, -0.25) is 9.59 Å². The maximum atomic E-state index is 15.7. The topological polar surface area (TPSA) is 78.4 Å². The van der Waals surface area contributed by atoms with Gasteiger partial charge in [0.1, 0.15) is 11.2 Å². The van der Waals surface area contributed by atoms with Gasteiger partial charge in [-0.25, -0.2) is 4.39 Å². The molecule has 3 aliphatic rings. The molecule has 1 amide bonds. The lowest BCUT2D eigenvalue weighted by molar-refractivity contribution is -0.126. The van der Waals surface area contributed by atoms with E-state index in [-0.39, 0.29) is 40.0 Å². The number of benzene rings is 2. The third-order valence-corrected chi connectivity index (χ3v) is 8.76. The van der Waals surface area contributed by atoms with E-state index in [9.17, 15) is 14.7 Å². The summed E-state index contributed by atoms with van der Waals surface area (Å²) in [5.41, 5.74) is -0.671. The van der Waals surface area contributed by atoms with Crippen LogP contribution in [0.2, 0.25) is 10.0 Å². The number of rotatable bonds is 5. The van der Waals surface area contributed by atoms with E-state index in [2.05, 4.69) is 31.4 Å². The summed E-state index contributed by atoms with van der Waals surface area (Å²) < 4.78 is 15.7. The minimum Gasteiger partial charge on any atom is -0.390 e. The van der Waals surface area contributed by atoms with Gasteiger partial charge in [0.05, 0.1) is 16.7 Å². The molecule has 0 radical (unpaired) electrons. The number of halogens is 3. The highest BCUT2D eigenvalue weighted by Crippen LogP contribution is 2.57. The van der Waals surface area contributed by atoms with Crippen molar-refractivity contribution < 1.29 is 19.1 Å². The Morgan fingerprint density at radius 3 is 2.54 bits per heavy atom. The van der Waals surface area contributed by atoms with E-state index < -0.39 is 34.8 Å². The van der Waals surface area contributed by atoms with Gasteiger partial charge in [0, 0.05) is 29.1 Å². The fourth-order valence-corrected chi connectivity index (χ4v) is 7.30. The number of hydrogen-bond acceptors (Lipinski definition) is 4. The molecule has 2 fully saturated rings. The molecular formula is C29H33Cl2FN2O3. The van der Waals surface area contributed by atoms with Crippen molar-refractivity contribution >= 4 is 40.6 Å². The van der Waals surface area contributed by atoms with Gasteiger partial charge >= 0.3 is 0 Å². The zero-order valence-electron chi connectivity index (χ0n) is 21.5. The van der Waals surface area contributed by atoms with Crippen molar-refractivity contribution in [3.8, 4) is 0 Å². The van der Waals surface area contributed by atoms with Crippen molar-refractivity contribution in [2.24, 2.45) is 11.3 Å². The number of carbonyl (C=O) groups excluding carboxylic acids is 2. The summed E-state index contributed by atoms with van der Waals surface area (Å²) in [7, 11) is 0. The number of hydrogen-bond donors (Lipinski definition) is 3. The van der Waals surface area contributed by atoms with Crippen LogP contribution in [-0.2, 0) is 15.0 Å². The molecule has 0 bridgehead atoms. The molecule has 5 rings (SSSR count). The van der Waals surface area contributed by atoms with Gasteiger partial charge in [-0.05, 0) is 66.8 Å². The Hall–Kier alpha value is -1.99. The predicted molar refractivity (Wildman–Crippen MR) is 144 cm³/mol. The molecule has 1 spiro atoms. The van der Waals surface area contributed by atoms with Crippen molar-refractivity contribution in [3.63, 3.8) is 0 Å². The lowest BCUT2D eigenvalue weighted by atomic mass is 9.61. The lowest BCUT2D eigenvalue weighted by Gasteiger charge is -2.41. The third-order valence-electron chi connectivity index (χ3n) is 8.23. The zero-order valence-corrected chi connectivity index (χ0v) is 23.0. The molecule has 0 aromatic heterocycles. The summed E-state index contributed by atoms with van der Waals surface area (Å²) in [4.78, 5) is 28.0. The van der Waals surface area contributed by atoms with Gasteiger partial charge in [-0.1, -0.05) is 62.2 Å². The minimum atomic E-state index is -1.25. The smallest absolute Gasteiger partial charge is 0.237 e. The van der Waals surface area contributed by atoms with Crippen LogP contribution in [0.1, 0.15) is 70.4 Å². The second-order valence-corrected chi connectivity index (χ2v) is 13.4. The molecule has 2 heterocycles. The zero-order chi connectivity index (χ0) is 26.9. The van der Waals surface area contributed by atoms with E-state index in [0.717, 1.165) is 0 Å². The molecule has 2 aromatic carbocycles. The number of aliphatic hydroxyl groups is 1. The summed E-state index contributed by atoms with van der Waals surface area (Å²) in [5, 5.41) is 17.1. The van der Waals surface area contributed by atoms with Crippen LogP contribution >= 0.6 is 23.2 Å². The van der Waals surface area contributed by atoms with Crippen LogP contribution in [0.25, 0.3) is 0 Å². The summed E-state index contributed by atoms with van der Waals surface area (Å²) in [6.45, 7) is 8.01. The molecule has 4 atom stereocenters. The molecule has 37 heavy (non-hydrogen) atoms. The minimum absolute atomic E-state index is 0.0512. The SMILES string of the molecule is CC(C)(C)C[C@H]1N[C@@H](C(=O)CC2CC(C)(O)C2)[C@H](c2cccc(Cl)c2F)[C@@]12C(=O)Nc1cc(Cl)ccc12. The Balaban J connectivity index is 1.69. The van der Waals surface area contributed by atoms with E-state index in [1.165, 1.54) is 6.07 Å². The van der Waals surface area contributed by atoms with Crippen molar-refractivity contribution in [2.75, 3.05) is 5.32 Å². The highest BCUT2D eigenvalue weighted by molar-refractivity contribution is 6.31. The number of carbonyl (C=O) groups is 2. The number of anilines is 1. The van der Waals surface area contributed by atoms with Crippen molar-refractivity contribution in [3.05, 3.63) is 63.4 Å². The van der Waals surface area contributed by atoms with Gasteiger partial charge in [-0.15, -0.1) is 0 Å². The Morgan fingerprint density at radius 1 is 1.19 bits per heavy atom. The summed E-state index contributed by atoms with van der Waals surface area (Å²) >= 11 is 12.5. The molecule has 1 saturated carbocycles. The number of ketones is 1. The first kappa shape index (κ1) is 26.6. The molecule has 198 valence electrons. The average molecular weight is 547 g/mol. The molecule has 1 saturated heterocycles. The Morgan fingerprint density at radius 2 is 1.89 bits per heavy atom. The Bertz CT molecular complexity index is 1270. The van der Waals surface area contributed by atoms with Gasteiger partial charge in [0.25, 0.3) is 0 Å². The van der Waals surface area contributed by atoms with E-state index in [1.807, 2.05) is 6.07 Å². The fourth-order valence-electron chi connectivity index (χ4n) is 6.94. The van der Waals surface area contributed by atoms with Crippen molar-refractivity contribution in [1.29, 1.82) is 0 Å². The van der Waals surface area contributed by atoms with Gasteiger partial charge in [0.2, 0.25) is 5.91 Å². The van der Waals surface area contributed by atoms with E-state index in [1.54, 1.807) is 31.2 Å². The first-order chi connectivity index (χ1) is 17.2. The molecule has 2 aromatic rings. The number of amides is 1. The highest BCUT2D eigenvalue weighted by Gasteiger charge is 2.66. The molecular weight excluding hydrogens is 514 g/mol. The monoisotopic (exact) mass is 546 g/mol. The first-order valence-corrected chi connectivity index (χ1v) is 13.5. The second-order valence-electron chi connectivity index (χ2n) is 12.5. The van der Waals surface area contributed by atoms with E-state index >= 15 is 4.39 Å². The highest BCUT2D eigenvalue weighted by atomic mass is 35.5. The summed E-state index contributed by atoms with van der Waals surface area (Å²) in [6, 6.07) is 8.75. The van der Waals surface area contributed by atoms with Crippen LogP contribution in [0.3, 0.4) is 0 Å². The maximum absolute atomic E-state index is 15.7. The fraction of sp³-hybridized carbons (Fsp3) is 0.517. The van der Waals surface area contributed by atoms with Crippen LogP contribution in [0.4, 0.5) is 10.1 Å². The molecule has 8 heteroatoms. The molecule has 1 aliphatic carbocycles. The molecule has 3 N–H and O–H groups in total. The van der Waals surface area contributed by atoms with E-state index in [0.29, 0.717) is 35.5 Å². The van der Waals surface area contributed by atoms with Gasteiger partial charge in [-0.2, -0.15) is 0 Å². The van der Waals surface area contributed by atoms with Crippen molar-refractivity contribution in [2.45, 2.75) is 82.4 Å². The molecule has 0 unspecified atom stereocenters. The quantitative estimate of drug-likeness (QED) is 0.429. The largest absolute Gasteiger partial charge is 0.390 e. The van der Waals surface area contributed by atoms with Crippen LogP contribution in [0.15, 0.2) is 36.4 Å². The van der Waals surface area contributed by atoms with Gasteiger partial charge in [0.15, 0.2) is 5.78 Å². The molecule has 2 aliphatic heterocycles. The van der Waals surface area contributed by atoms with Crippen molar-refractivity contribution in [1.82, 2.24) is 5.32 Å². The van der Waals surface area contributed by atoms with Crippen LogP contribution in [-0.4, -0.2) is 34.5 Å². The molecule has 5 nitrogen and oxygen atoms in total. The average Bonchev–Trinajstić information content (AvgIpc) is 3.23. The lowest BCUT2D eigenvalue weighted by Crippen LogP contribution is -2.49. The van der Waals surface area contributed by atoms with Crippen LogP contribution in [0.5, 0.6) is 0 Å². The summed E-state index contributed by atoms with van der Waals surface area (Å²) in [6.07, 6.45) is 1.91. The Labute approximate surface area is 227 Å². The first-order valence-electron chi connectivity index (χ1n) is 12.8.